The van der Waals surface area contributed by atoms with Crippen molar-refractivity contribution in [2.24, 2.45) is 5.73 Å². The second kappa shape index (κ2) is 7.47. The number of amides is 1. The molecular weight excluding hydrogens is 376 g/mol. The molecule has 3 aromatic rings. The van der Waals surface area contributed by atoms with Crippen LogP contribution in [0.25, 0.3) is 11.3 Å². The molecule has 1 aromatic carbocycles. The third-order valence-electron chi connectivity index (χ3n) is 4.89. The molecule has 8 heteroatoms. The highest BCUT2D eigenvalue weighted by atomic mass is 32.1. The molecule has 0 saturated heterocycles. The molecule has 5 N–H and O–H groups in total. The number of primary amides is 1. The molecule has 1 amide bonds. The van der Waals surface area contributed by atoms with Gasteiger partial charge in [-0.1, -0.05) is 48.3 Å². The zero-order chi connectivity index (χ0) is 19.7. The highest BCUT2D eigenvalue weighted by Gasteiger charge is 2.28. The summed E-state index contributed by atoms with van der Waals surface area (Å²) in [6.07, 6.45) is 4.30. The Hall–Kier alpha value is -3.13. The first-order chi connectivity index (χ1) is 13.5. The lowest BCUT2D eigenvalue weighted by atomic mass is 10.1. The maximum atomic E-state index is 13.0. The molecule has 7 nitrogen and oxygen atoms in total. The van der Waals surface area contributed by atoms with Crippen molar-refractivity contribution < 1.29 is 14.1 Å². The monoisotopic (exact) mass is 396 g/mol. The summed E-state index contributed by atoms with van der Waals surface area (Å²) >= 11 is 1.14. The molecule has 1 aliphatic carbocycles. The van der Waals surface area contributed by atoms with Crippen LogP contribution in [0.5, 0.6) is 0 Å². The summed E-state index contributed by atoms with van der Waals surface area (Å²) in [6.45, 7) is 0. The molecule has 2 heterocycles. The smallest absolute Gasteiger partial charge is 0.253 e. The van der Waals surface area contributed by atoms with E-state index in [4.69, 9.17) is 16.0 Å². The highest BCUT2D eigenvalue weighted by Crippen LogP contribution is 2.38. The van der Waals surface area contributed by atoms with Crippen molar-refractivity contribution in [3.8, 4) is 11.3 Å². The maximum absolute atomic E-state index is 13.0. The maximum Gasteiger partial charge on any atom is 0.253 e. The van der Waals surface area contributed by atoms with Crippen LogP contribution in [-0.4, -0.2) is 22.9 Å². The van der Waals surface area contributed by atoms with Gasteiger partial charge in [-0.05, 0) is 12.8 Å². The number of anilines is 2. The summed E-state index contributed by atoms with van der Waals surface area (Å²) in [5.41, 5.74) is 13.3. The largest absolute Gasteiger partial charge is 0.397 e. The minimum Gasteiger partial charge on any atom is -0.397 e. The molecule has 0 bridgehead atoms. The number of nitrogens with one attached hydrogen (secondary N) is 1. The Labute approximate surface area is 165 Å². The number of ketones is 1. The van der Waals surface area contributed by atoms with E-state index in [9.17, 15) is 9.59 Å². The van der Waals surface area contributed by atoms with Gasteiger partial charge in [0.1, 0.15) is 15.6 Å². The molecule has 0 aliphatic heterocycles. The minimum atomic E-state index is -0.657. The molecule has 144 valence electrons. The Bertz CT molecular complexity index is 1020. The summed E-state index contributed by atoms with van der Waals surface area (Å²) in [7, 11) is 0. The topological polar surface area (TPSA) is 124 Å². The van der Waals surface area contributed by atoms with E-state index in [2.05, 4.69) is 10.5 Å². The summed E-state index contributed by atoms with van der Waals surface area (Å²) in [5.74, 6) is -1.01. The summed E-state index contributed by atoms with van der Waals surface area (Å²) < 4.78 is 5.25. The summed E-state index contributed by atoms with van der Waals surface area (Å²) in [5, 5.41) is 7.84. The van der Waals surface area contributed by atoms with Crippen molar-refractivity contribution in [1.29, 1.82) is 0 Å². The van der Waals surface area contributed by atoms with Crippen LogP contribution in [0.1, 0.15) is 51.5 Å². The van der Waals surface area contributed by atoms with Crippen LogP contribution in [0, 0.1) is 0 Å². The van der Waals surface area contributed by atoms with Crippen molar-refractivity contribution >= 4 is 33.7 Å². The standard InChI is InChI=1S/C20H20N4O3S/c21-16-15(19(22)26)20(23-12-8-4-5-9-12)28-18(16)17(25)14-10-13(24-27-14)11-6-2-1-3-7-11/h1-3,6-7,10,12,23H,4-5,8-9,21H2,(H2,22,26). The average Bonchev–Trinajstić information content (AvgIpc) is 3.42. The van der Waals surface area contributed by atoms with Crippen molar-refractivity contribution in [2.75, 3.05) is 11.1 Å². The zero-order valence-corrected chi connectivity index (χ0v) is 15.9. The van der Waals surface area contributed by atoms with Crippen LogP contribution in [0.3, 0.4) is 0 Å². The number of hydrogen-bond acceptors (Lipinski definition) is 7. The number of benzene rings is 1. The lowest BCUT2D eigenvalue weighted by Crippen LogP contribution is -2.19. The Kier molecular flexibility index (Phi) is 4.87. The second-order valence-corrected chi connectivity index (χ2v) is 7.83. The normalized spacial score (nSPS) is 14.3. The molecule has 0 atom stereocenters. The first kappa shape index (κ1) is 18.2. The number of nitrogens with two attached hydrogens (primary N) is 2. The van der Waals surface area contributed by atoms with Crippen LogP contribution in [0.15, 0.2) is 40.9 Å². The van der Waals surface area contributed by atoms with Crippen LogP contribution in [0.2, 0.25) is 0 Å². The van der Waals surface area contributed by atoms with Gasteiger partial charge in [0.15, 0.2) is 0 Å². The third kappa shape index (κ3) is 3.38. The molecule has 4 rings (SSSR count). The second-order valence-electron chi connectivity index (χ2n) is 6.81. The molecule has 28 heavy (non-hydrogen) atoms. The van der Waals surface area contributed by atoms with E-state index in [0.29, 0.717) is 10.7 Å². The minimum absolute atomic E-state index is 0.0650. The van der Waals surface area contributed by atoms with E-state index in [1.807, 2.05) is 30.3 Å². The average molecular weight is 396 g/mol. The zero-order valence-electron chi connectivity index (χ0n) is 15.1. The van der Waals surface area contributed by atoms with E-state index in [1.54, 1.807) is 6.07 Å². The van der Waals surface area contributed by atoms with Gasteiger partial charge in [0.05, 0.1) is 11.3 Å². The van der Waals surface area contributed by atoms with Crippen LogP contribution >= 0.6 is 11.3 Å². The van der Waals surface area contributed by atoms with Gasteiger partial charge in [-0.3, -0.25) is 9.59 Å². The lowest BCUT2D eigenvalue weighted by molar-refractivity contribution is 0.1000. The molecule has 0 unspecified atom stereocenters. The molecule has 0 spiro atoms. The molecular formula is C20H20N4O3S. The lowest BCUT2D eigenvalue weighted by Gasteiger charge is -2.12. The fraction of sp³-hybridized carbons (Fsp3) is 0.250. The quantitative estimate of drug-likeness (QED) is 0.546. The van der Waals surface area contributed by atoms with Gasteiger partial charge >= 0.3 is 0 Å². The molecule has 1 aliphatic rings. The number of hydrogen-bond donors (Lipinski definition) is 3. The number of nitrogen functional groups attached to an aromatic ring is 1. The number of carbonyl (C=O) groups excluding carboxylic acids is 2. The number of carbonyl (C=O) groups is 2. The fourth-order valence-corrected chi connectivity index (χ4v) is 4.60. The summed E-state index contributed by atoms with van der Waals surface area (Å²) in [6, 6.07) is 11.2. The Morgan fingerprint density at radius 2 is 1.89 bits per heavy atom. The van der Waals surface area contributed by atoms with Crippen molar-refractivity contribution in [3.05, 3.63) is 52.6 Å². The van der Waals surface area contributed by atoms with Gasteiger partial charge in [-0.2, -0.15) is 0 Å². The van der Waals surface area contributed by atoms with E-state index < -0.39 is 11.7 Å². The SMILES string of the molecule is NC(=O)c1c(NC2CCCC2)sc(C(=O)c2cc(-c3ccccc3)no2)c1N. The first-order valence-corrected chi connectivity index (χ1v) is 9.91. The Balaban J connectivity index is 1.66. The van der Waals surface area contributed by atoms with Gasteiger partial charge in [-0.15, -0.1) is 11.3 Å². The van der Waals surface area contributed by atoms with E-state index >= 15 is 0 Å². The van der Waals surface area contributed by atoms with Gasteiger partial charge < -0.3 is 21.3 Å². The van der Waals surface area contributed by atoms with Gasteiger partial charge in [-0.25, -0.2) is 0 Å². The number of rotatable bonds is 6. The highest BCUT2D eigenvalue weighted by molar-refractivity contribution is 7.19. The number of aromatic nitrogens is 1. The third-order valence-corrected chi connectivity index (χ3v) is 6.03. The molecule has 1 fully saturated rings. The van der Waals surface area contributed by atoms with Crippen LogP contribution < -0.4 is 16.8 Å². The van der Waals surface area contributed by atoms with Crippen molar-refractivity contribution in [1.82, 2.24) is 5.16 Å². The first-order valence-electron chi connectivity index (χ1n) is 9.10. The van der Waals surface area contributed by atoms with Gasteiger partial charge in [0.25, 0.3) is 5.91 Å². The van der Waals surface area contributed by atoms with Crippen molar-refractivity contribution in [2.45, 2.75) is 31.7 Å². The molecule has 1 saturated carbocycles. The fourth-order valence-electron chi connectivity index (χ4n) is 3.45. The predicted octanol–water partition coefficient (Wildman–Crippen LogP) is 3.67. The van der Waals surface area contributed by atoms with E-state index in [-0.39, 0.29) is 27.9 Å². The van der Waals surface area contributed by atoms with E-state index in [0.717, 1.165) is 42.6 Å². The molecule has 2 aromatic heterocycles. The van der Waals surface area contributed by atoms with Gasteiger partial charge in [0.2, 0.25) is 11.5 Å². The Morgan fingerprint density at radius 3 is 2.57 bits per heavy atom. The molecule has 0 radical (unpaired) electrons. The summed E-state index contributed by atoms with van der Waals surface area (Å²) in [4.78, 5) is 25.1. The van der Waals surface area contributed by atoms with Crippen LogP contribution in [0.4, 0.5) is 10.7 Å². The van der Waals surface area contributed by atoms with Gasteiger partial charge in [0, 0.05) is 17.7 Å². The predicted molar refractivity (Wildman–Crippen MR) is 108 cm³/mol. The van der Waals surface area contributed by atoms with Crippen molar-refractivity contribution in [3.63, 3.8) is 0 Å². The number of nitrogens with zero attached hydrogens (tertiary/aromatic N) is 1. The van der Waals surface area contributed by atoms with E-state index in [1.165, 1.54) is 0 Å². The Morgan fingerprint density at radius 1 is 1.18 bits per heavy atom. The van der Waals surface area contributed by atoms with Crippen LogP contribution in [-0.2, 0) is 0 Å². The number of thiophene rings is 1.